The quantitative estimate of drug-likeness (QED) is 0.260. The van der Waals surface area contributed by atoms with E-state index in [1.165, 1.54) is 0 Å². The standard InChI is InChI=1S/C22H37N5O2.HI/c1-5-12-24-21(28)16-27-13-10-19(11-14-27)26-22(23-4)25-15-18(3)29-20-9-7-6-8-17(20)2;/h6-9,18-19H,5,10-16H2,1-4H3,(H,24,28)(H2,23,25,26);1H. The monoisotopic (exact) mass is 531 g/mol. The number of aryl methyl sites for hydroxylation is 1. The van der Waals surface area contributed by atoms with Crippen LogP contribution in [0.25, 0.3) is 0 Å². The third-order valence-electron chi connectivity index (χ3n) is 5.07. The Balaban J connectivity index is 0.00000450. The van der Waals surface area contributed by atoms with E-state index >= 15 is 0 Å². The number of aliphatic imine (C=N–C) groups is 1. The fourth-order valence-electron chi connectivity index (χ4n) is 3.33. The lowest BCUT2D eigenvalue weighted by molar-refractivity contribution is -0.122. The van der Waals surface area contributed by atoms with Crippen molar-refractivity contribution in [3.8, 4) is 5.75 Å². The molecular weight excluding hydrogens is 493 g/mol. The number of nitrogens with zero attached hydrogens (tertiary/aromatic N) is 2. The van der Waals surface area contributed by atoms with Crippen LogP contribution in [0.1, 0.15) is 38.7 Å². The van der Waals surface area contributed by atoms with Gasteiger partial charge in [0.1, 0.15) is 11.9 Å². The van der Waals surface area contributed by atoms with Gasteiger partial charge in [-0.2, -0.15) is 0 Å². The van der Waals surface area contributed by atoms with Gasteiger partial charge in [-0.15, -0.1) is 24.0 Å². The van der Waals surface area contributed by atoms with E-state index in [-0.39, 0.29) is 36.0 Å². The van der Waals surface area contributed by atoms with Gasteiger partial charge in [-0.3, -0.25) is 14.7 Å². The molecule has 1 aliphatic rings. The van der Waals surface area contributed by atoms with Crippen molar-refractivity contribution in [1.29, 1.82) is 0 Å². The normalized spacial score (nSPS) is 16.3. The van der Waals surface area contributed by atoms with Crippen molar-refractivity contribution < 1.29 is 9.53 Å². The maximum absolute atomic E-state index is 11.9. The summed E-state index contributed by atoms with van der Waals surface area (Å²) in [5, 5.41) is 9.80. The van der Waals surface area contributed by atoms with Gasteiger partial charge in [0.05, 0.1) is 13.1 Å². The number of hydrogen-bond donors (Lipinski definition) is 3. The number of carbonyl (C=O) groups excluding carboxylic acids is 1. The summed E-state index contributed by atoms with van der Waals surface area (Å²) in [5.74, 6) is 1.84. The van der Waals surface area contributed by atoms with E-state index in [0.717, 1.165) is 56.2 Å². The molecule has 1 aliphatic heterocycles. The minimum atomic E-state index is 0. The van der Waals surface area contributed by atoms with Crippen LogP contribution in [0.2, 0.25) is 0 Å². The first-order valence-electron chi connectivity index (χ1n) is 10.7. The fourth-order valence-corrected chi connectivity index (χ4v) is 3.33. The fraction of sp³-hybridized carbons (Fsp3) is 0.636. The molecule has 1 heterocycles. The lowest BCUT2D eigenvalue weighted by Crippen LogP contribution is -2.51. The largest absolute Gasteiger partial charge is 0.489 e. The van der Waals surface area contributed by atoms with Crippen LogP contribution in [-0.2, 0) is 4.79 Å². The van der Waals surface area contributed by atoms with Gasteiger partial charge in [-0.05, 0) is 44.7 Å². The highest BCUT2D eigenvalue weighted by atomic mass is 127. The van der Waals surface area contributed by atoms with Crippen LogP contribution in [0, 0.1) is 6.92 Å². The van der Waals surface area contributed by atoms with Gasteiger partial charge < -0.3 is 20.7 Å². The molecule has 0 radical (unpaired) electrons. The number of para-hydroxylation sites is 1. The Labute approximate surface area is 198 Å². The maximum atomic E-state index is 11.9. The highest BCUT2D eigenvalue weighted by Crippen LogP contribution is 2.17. The smallest absolute Gasteiger partial charge is 0.234 e. The second-order valence-corrected chi connectivity index (χ2v) is 7.69. The molecule has 1 amide bonds. The number of rotatable bonds is 9. The van der Waals surface area contributed by atoms with E-state index < -0.39 is 0 Å². The molecule has 1 fully saturated rings. The molecule has 0 bridgehead atoms. The number of carbonyl (C=O) groups is 1. The number of piperidine rings is 1. The Hall–Kier alpha value is -1.55. The van der Waals surface area contributed by atoms with Gasteiger partial charge in [-0.25, -0.2) is 0 Å². The van der Waals surface area contributed by atoms with E-state index in [0.29, 0.717) is 19.1 Å². The van der Waals surface area contributed by atoms with E-state index in [9.17, 15) is 4.79 Å². The molecule has 2 rings (SSSR count). The first-order valence-corrected chi connectivity index (χ1v) is 10.7. The topological polar surface area (TPSA) is 78.0 Å². The number of benzene rings is 1. The van der Waals surface area contributed by atoms with E-state index in [1.54, 1.807) is 7.05 Å². The summed E-state index contributed by atoms with van der Waals surface area (Å²) < 4.78 is 6.02. The first kappa shape index (κ1) is 26.5. The Morgan fingerprint density at radius 3 is 2.60 bits per heavy atom. The highest BCUT2D eigenvalue weighted by molar-refractivity contribution is 14.0. The molecule has 7 nitrogen and oxygen atoms in total. The van der Waals surface area contributed by atoms with E-state index in [1.807, 2.05) is 18.2 Å². The van der Waals surface area contributed by atoms with Crippen molar-refractivity contribution >= 4 is 35.8 Å². The van der Waals surface area contributed by atoms with Gasteiger partial charge in [-0.1, -0.05) is 25.1 Å². The molecular formula is C22H38IN5O2. The average molecular weight is 531 g/mol. The second kappa shape index (κ2) is 14.5. The molecule has 0 spiro atoms. The lowest BCUT2D eigenvalue weighted by Gasteiger charge is -2.32. The predicted molar refractivity (Wildman–Crippen MR) is 134 cm³/mol. The van der Waals surface area contributed by atoms with Crippen LogP contribution in [0.4, 0.5) is 0 Å². The number of ether oxygens (including phenoxy) is 1. The SMILES string of the molecule is CCCNC(=O)CN1CCC(NC(=NC)NCC(C)Oc2ccccc2C)CC1.I. The van der Waals surface area contributed by atoms with Crippen LogP contribution in [0.3, 0.4) is 0 Å². The summed E-state index contributed by atoms with van der Waals surface area (Å²) in [4.78, 5) is 18.4. The number of nitrogens with one attached hydrogen (secondary N) is 3. The Morgan fingerprint density at radius 2 is 1.97 bits per heavy atom. The molecule has 0 aromatic heterocycles. The highest BCUT2D eigenvalue weighted by Gasteiger charge is 2.21. The molecule has 1 aromatic carbocycles. The maximum Gasteiger partial charge on any atom is 0.234 e. The molecule has 8 heteroatoms. The summed E-state index contributed by atoms with van der Waals surface area (Å²) in [6.07, 6.45) is 2.99. The van der Waals surface area contributed by atoms with E-state index in [2.05, 4.69) is 52.7 Å². The van der Waals surface area contributed by atoms with Gasteiger partial charge in [0.25, 0.3) is 0 Å². The molecule has 30 heavy (non-hydrogen) atoms. The molecule has 3 N–H and O–H groups in total. The zero-order chi connectivity index (χ0) is 21.1. The number of guanidine groups is 1. The van der Waals surface area contributed by atoms with E-state index in [4.69, 9.17) is 4.74 Å². The molecule has 1 unspecified atom stereocenters. The van der Waals surface area contributed by atoms with Crippen LogP contribution in [0.15, 0.2) is 29.3 Å². The van der Waals surface area contributed by atoms with Gasteiger partial charge >= 0.3 is 0 Å². The van der Waals surface area contributed by atoms with Gasteiger partial charge in [0, 0.05) is 32.7 Å². The molecule has 170 valence electrons. The molecule has 1 atom stereocenters. The Morgan fingerprint density at radius 1 is 1.27 bits per heavy atom. The molecule has 0 aliphatic carbocycles. The zero-order valence-corrected chi connectivity index (χ0v) is 21.1. The van der Waals surface area contributed by atoms with Crippen LogP contribution >= 0.6 is 24.0 Å². The Bertz CT molecular complexity index is 663. The minimum absolute atomic E-state index is 0. The third-order valence-corrected chi connectivity index (χ3v) is 5.07. The van der Waals surface area contributed by atoms with Crippen molar-refractivity contribution in [2.75, 3.05) is 39.8 Å². The zero-order valence-electron chi connectivity index (χ0n) is 18.7. The predicted octanol–water partition coefficient (Wildman–Crippen LogP) is 2.54. The number of amides is 1. The van der Waals surface area contributed by atoms with Crippen molar-refractivity contribution in [2.45, 2.75) is 52.2 Å². The van der Waals surface area contributed by atoms with Crippen molar-refractivity contribution in [3.63, 3.8) is 0 Å². The lowest BCUT2D eigenvalue weighted by atomic mass is 10.1. The van der Waals surface area contributed by atoms with Crippen LogP contribution in [0.5, 0.6) is 5.75 Å². The van der Waals surface area contributed by atoms with Gasteiger partial charge in [0.15, 0.2) is 5.96 Å². The number of likely N-dealkylation sites (tertiary alicyclic amines) is 1. The average Bonchev–Trinajstić information content (AvgIpc) is 2.72. The molecule has 1 saturated heterocycles. The number of hydrogen-bond acceptors (Lipinski definition) is 4. The summed E-state index contributed by atoms with van der Waals surface area (Å²) in [6, 6.07) is 8.41. The van der Waals surface area contributed by atoms with Crippen LogP contribution in [-0.4, -0.2) is 68.7 Å². The summed E-state index contributed by atoms with van der Waals surface area (Å²) in [5.41, 5.74) is 1.14. The Kier molecular flexibility index (Phi) is 12.8. The summed E-state index contributed by atoms with van der Waals surface area (Å²) in [7, 11) is 1.79. The van der Waals surface area contributed by atoms with Crippen LogP contribution < -0.4 is 20.7 Å². The first-order chi connectivity index (χ1) is 14.0. The summed E-state index contributed by atoms with van der Waals surface area (Å²) in [6.45, 7) is 9.92. The van der Waals surface area contributed by atoms with Crippen molar-refractivity contribution in [2.24, 2.45) is 4.99 Å². The number of halogens is 1. The summed E-state index contributed by atoms with van der Waals surface area (Å²) >= 11 is 0. The molecule has 1 aromatic rings. The third kappa shape index (κ3) is 9.51. The second-order valence-electron chi connectivity index (χ2n) is 7.69. The molecule has 0 saturated carbocycles. The van der Waals surface area contributed by atoms with Crippen molar-refractivity contribution in [1.82, 2.24) is 20.9 Å². The minimum Gasteiger partial charge on any atom is -0.489 e. The van der Waals surface area contributed by atoms with Gasteiger partial charge in [0.2, 0.25) is 5.91 Å². The van der Waals surface area contributed by atoms with Crippen molar-refractivity contribution in [3.05, 3.63) is 29.8 Å².